The molecule has 12 heavy (non-hydrogen) atoms. The zero-order valence-electron chi connectivity index (χ0n) is 6.40. The molecule has 4 heteroatoms. The Kier molecular flexibility index (Phi) is 2.65. The first kappa shape index (κ1) is 9.00. The van der Waals surface area contributed by atoms with E-state index in [2.05, 4.69) is 5.32 Å². The topological polar surface area (TPSA) is 29.1 Å². The zero-order valence-corrected chi connectivity index (χ0v) is 7.15. The maximum Gasteiger partial charge on any atom is 0.221 e. The van der Waals surface area contributed by atoms with E-state index in [-0.39, 0.29) is 16.6 Å². The van der Waals surface area contributed by atoms with Crippen LogP contribution in [0.25, 0.3) is 0 Å². The zero-order chi connectivity index (χ0) is 9.14. The van der Waals surface area contributed by atoms with Crippen LogP contribution in [0, 0.1) is 5.82 Å². The van der Waals surface area contributed by atoms with Crippen molar-refractivity contribution in [3.8, 4) is 0 Å². The van der Waals surface area contributed by atoms with Crippen LogP contribution in [0.2, 0.25) is 5.02 Å². The summed E-state index contributed by atoms with van der Waals surface area (Å²) in [6, 6.07) is 4.43. The molecule has 1 aromatic rings. The highest BCUT2D eigenvalue weighted by atomic mass is 35.5. The van der Waals surface area contributed by atoms with E-state index in [1.165, 1.54) is 19.1 Å². The molecule has 0 bridgehead atoms. The van der Waals surface area contributed by atoms with Crippen molar-refractivity contribution in [1.82, 2.24) is 0 Å². The monoisotopic (exact) mass is 187 g/mol. The molecule has 2 nitrogen and oxygen atoms in total. The number of nitrogens with one attached hydrogen (secondary N) is 1. The minimum absolute atomic E-state index is 0.00116. The number of benzene rings is 1. The Labute approximate surface area is 74.3 Å². The molecule has 0 unspecified atom stereocenters. The first-order valence-electron chi connectivity index (χ1n) is 3.33. The molecule has 0 aromatic heterocycles. The van der Waals surface area contributed by atoms with Gasteiger partial charge < -0.3 is 5.32 Å². The molecule has 0 heterocycles. The van der Waals surface area contributed by atoms with Gasteiger partial charge in [-0.1, -0.05) is 17.7 Å². The fraction of sp³-hybridized carbons (Fsp3) is 0.125. The summed E-state index contributed by atoms with van der Waals surface area (Å²) in [7, 11) is 0. The third-order valence-corrected chi connectivity index (χ3v) is 1.55. The second-order valence-electron chi connectivity index (χ2n) is 2.28. The van der Waals surface area contributed by atoms with Crippen LogP contribution in [0.5, 0.6) is 0 Å². The maximum absolute atomic E-state index is 13.0. The van der Waals surface area contributed by atoms with Crippen LogP contribution in [-0.2, 0) is 4.79 Å². The van der Waals surface area contributed by atoms with Crippen molar-refractivity contribution in [2.75, 3.05) is 5.32 Å². The third kappa shape index (κ3) is 1.95. The van der Waals surface area contributed by atoms with E-state index >= 15 is 0 Å². The Hall–Kier alpha value is -1.09. The van der Waals surface area contributed by atoms with Crippen molar-refractivity contribution in [3.63, 3.8) is 0 Å². The lowest BCUT2D eigenvalue weighted by atomic mass is 10.3. The largest absolute Gasteiger partial charge is 0.324 e. The van der Waals surface area contributed by atoms with E-state index in [0.717, 1.165) is 0 Å². The number of anilines is 1. The highest BCUT2D eigenvalue weighted by Crippen LogP contribution is 2.21. The molecular formula is C8H7ClFNO. The van der Waals surface area contributed by atoms with Crippen molar-refractivity contribution < 1.29 is 9.18 Å². The summed E-state index contributed by atoms with van der Waals surface area (Å²) in [6.45, 7) is 1.31. The van der Waals surface area contributed by atoms with Crippen molar-refractivity contribution in [2.45, 2.75) is 6.92 Å². The molecule has 0 fully saturated rings. The minimum atomic E-state index is -0.602. The fourth-order valence-corrected chi connectivity index (χ4v) is 0.965. The average Bonchev–Trinajstić information content (AvgIpc) is 1.98. The van der Waals surface area contributed by atoms with Gasteiger partial charge in [0.15, 0.2) is 5.82 Å². The SMILES string of the molecule is CC(=O)Nc1cccc(Cl)c1F. The van der Waals surface area contributed by atoms with Gasteiger partial charge in [0, 0.05) is 6.92 Å². The number of rotatable bonds is 1. The Balaban J connectivity index is 3.00. The summed E-state index contributed by atoms with van der Waals surface area (Å²) in [6.07, 6.45) is 0. The average molecular weight is 188 g/mol. The van der Waals surface area contributed by atoms with Crippen molar-refractivity contribution >= 4 is 23.2 Å². The minimum Gasteiger partial charge on any atom is -0.324 e. The van der Waals surface area contributed by atoms with Gasteiger partial charge in [-0.25, -0.2) is 4.39 Å². The smallest absolute Gasteiger partial charge is 0.221 e. The first-order chi connectivity index (χ1) is 5.61. The molecule has 0 atom stereocenters. The van der Waals surface area contributed by atoms with Crippen LogP contribution in [0.1, 0.15) is 6.92 Å². The lowest BCUT2D eigenvalue weighted by molar-refractivity contribution is -0.114. The predicted octanol–water partition coefficient (Wildman–Crippen LogP) is 2.44. The summed E-state index contributed by atoms with van der Waals surface area (Å²) in [5, 5.41) is 2.32. The molecule has 0 aliphatic carbocycles. The highest BCUT2D eigenvalue weighted by molar-refractivity contribution is 6.31. The van der Waals surface area contributed by atoms with Gasteiger partial charge in [-0.05, 0) is 12.1 Å². The van der Waals surface area contributed by atoms with Crippen molar-refractivity contribution in [3.05, 3.63) is 29.0 Å². The number of amides is 1. The molecule has 0 radical (unpaired) electrons. The van der Waals surface area contributed by atoms with Gasteiger partial charge in [-0.2, -0.15) is 0 Å². The van der Waals surface area contributed by atoms with Gasteiger partial charge >= 0.3 is 0 Å². The van der Waals surface area contributed by atoms with Crippen LogP contribution in [0.3, 0.4) is 0 Å². The molecule has 0 spiro atoms. The number of halogens is 2. The molecule has 1 rings (SSSR count). The Morgan fingerprint density at radius 1 is 1.58 bits per heavy atom. The van der Waals surface area contributed by atoms with E-state index in [1.54, 1.807) is 6.07 Å². The molecular weight excluding hydrogens is 181 g/mol. The number of hydrogen-bond acceptors (Lipinski definition) is 1. The normalized spacial score (nSPS) is 9.58. The van der Waals surface area contributed by atoms with E-state index in [1.807, 2.05) is 0 Å². The molecule has 64 valence electrons. The molecule has 0 saturated carbocycles. The summed E-state index contributed by atoms with van der Waals surface area (Å²) in [4.78, 5) is 10.6. The summed E-state index contributed by atoms with van der Waals surface area (Å²) < 4.78 is 13.0. The van der Waals surface area contributed by atoms with Gasteiger partial charge in [-0.3, -0.25) is 4.79 Å². The molecule has 0 aliphatic heterocycles. The lowest BCUT2D eigenvalue weighted by Crippen LogP contribution is -2.07. The van der Waals surface area contributed by atoms with Crippen molar-refractivity contribution in [1.29, 1.82) is 0 Å². The van der Waals surface area contributed by atoms with E-state index in [4.69, 9.17) is 11.6 Å². The fourth-order valence-electron chi connectivity index (χ4n) is 0.790. The van der Waals surface area contributed by atoms with Crippen LogP contribution in [-0.4, -0.2) is 5.91 Å². The van der Waals surface area contributed by atoms with Gasteiger partial charge in [0.25, 0.3) is 0 Å². The molecule has 0 aliphatic rings. The number of hydrogen-bond donors (Lipinski definition) is 1. The van der Waals surface area contributed by atoms with Crippen LogP contribution >= 0.6 is 11.6 Å². The van der Waals surface area contributed by atoms with Gasteiger partial charge in [0.2, 0.25) is 5.91 Å². The highest BCUT2D eigenvalue weighted by Gasteiger charge is 2.05. The van der Waals surface area contributed by atoms with Gasteiger partial charge in [0.05, 0.1) is 10.7 Å². The second-order valence-corrected chi connectivity index (χ2v) is 2.69. The van der Waals surface area contributed by atoms with Crippen LogP contribution in [0.15, 0.2) is 18.2 Å². The molecule has 1 amide bonds. The van der Waals surface area contributed by atoms with Crippen LogP contribution < -0.4 is 5.32 Å². The van der Waals surface area contributed by atoms with E-state index in [0.29, 0.717) is 0 Å². The molecule has 1 N–H and O–H groups in total. The number of carbonyl (C=O) groups excluding carboxylic acids is 1. The van der Waals surface area contributed by atoms with Crippen molar-refractivity contribution in [2.24, 2.45) is 0 Å². The Morgan fingerprint density at radius 3 is 2.83 bits per heavy atom. The first-order valence-corrected chi connectivity index (χ1v) is 3.70. The predicted molar refractivity (Wildman–Crippen MR) is 45.7 cm³/mol. The third-order valence-electron chi connectivity index (χ3n) is 1.26. The summed E-state index contributed by atoms with van der Waals surface area (Å²) >= 11 is 5.47. The van der Waals surface area contributed by atoms with E-state index in [9.17, 15) is 9.18 Å². The summed E-state index contributed by atoms with van der Waals surface area (Å²) in [5.74, 6) is -0.925. The Bertz CT molecular complexity index is 314. The standard InChI is InChI=1S/C8H7ClFNO/c1-5(12)11-7-4-2-3-6(9)8(7)10/h2-4H,1H3,(H,11,12). The summed E-state index contributed by atoms with van der Waals surface area (Å²) in [5.41, 5.74) is 0.106. The Morgan fingerprint density at radius 2 is 2.25 bits per heavy atom. The molecule has 1 aromatic carbocycles. The lowest BCUT2D eigenvalue weighted by Gasteiger charge is -2.03. The van der Waals surface area contributed by atoms with Crippen LogP contribution in [0.4, 0.5) is 10.1 Å². The van der Waals surface area contributed by atoms with Gasteiger partial charge in [-0.15, -0.1) is 0 Å². The maximum atomic E-state index is 13.0. The molecule has 0 saturated heterocycles. The van der Waals surface area contributed by atoms with E-state index < -0.39 is 5.82 Å². The van der Waals surface area contributed by atoms with Gasteiger partial charge in [0.1, 0.15) is 0 Å². The quantitative estimate of drug-likeness (QED) is 0.719. The number of carbonyl (C=O) groups is 1. The second kappa shape index (κ2) is 3.54.